The molecule has 0 bridgehead atoms. The van der Waals surface area contributed by atoms with Crippen molar-refractivity contribution in [3.8, 4) is 17.3 Å². The summed E-state index contributed by atoms with van der Waals surface area (Å²) in [5, 5.41) is 10.5. The summed E-state index contributed by atoms with van der Waals surface area (Å²) >= 11 is 0. The van der Waals surface area contributed by atoms with E-state index in [-0.39, 0.29) is 30.2 Å². The second kappa shape index (κ2) is 7.16. The van der Waals surface area contributed by atoms with Crippen LogP contribution in [0.25, 0.3) is 11.4 Å². The second-order valence-electron chi connectivity index (χ2n) is 5.73. The van der Waals surface area contributed by atoms with Crippen molar-refractivity contribution >= 4 is 5.91 Å². The van der Waals surface area contributed by atoms with Crippen molar-refractivity contribution in [3.63, 3.8) is 0 Å². The van der Waals surface area contributed by atoms with Gasteiger partial charge in [-0.25, -0.2) is 0 Å². The van der Waals surface area contributed by atoms with E-state index in [0.29, 0.717) is 17.1 Å². The Morgan fingerprint density at radius 2 is 2.12 bits per heavy atom. The van der Waals surface area contributed by atoms with Crippen LogP contribution in [0.4, 0.5) is 0 Å². The quantitative estimate of drug-likeness (QED) is 0.734. The van der Waals surface area contributed by atoms with Crippen LogP contribution in [0.3, 0.4) is 0 Å². The molecule has 130 valence electrons. The van der Waals surface area contributed by atoms with E-state index in [9.17, 15) is 4.79 Å². The molecule has 3 aromatic rings. The summed E-state index contributed by atoms with van der Waals surface area (Å²) in [6.45, 7) is 5.68. The van der Waals surface area contributed by atoms with Gasteiger partial charge >= 0.3 is 0 Å². The maximum Gasteiger partial charge on any atom is 0.290 e. The lowest BCUT2D eigenvalue weighted by molar-refractivity contribution is 0.0905. The SMILES string of the molecule is Cc1onc(-c2ccccn2)c1COc1cc(C(=O)NC(C)C)on1. The van der Waals surface area contributed by atoms with Crippen LogP contribution in [0.1, 0.15) is 35.7 Å². The normalized spacial score (nSPS) is 10.9. The molecule has 3 aromatic heterocycles. The molecule has 0 unspecified atom stereocenters. The van der Waals surface area contributed by atoms with Crippen LogP contribution in [-0.2, 0) is 6.61 Å². The lowest BCUT2D eigenvalue weighted by atomic mass is 10.1. The summed E-state index contributed by atoms with van der Waals surface area (Å²) < 4.78 is 15.9. The van der Waals surface area contributed by atoms with Crippen LogP contribution in [0.15, 0.2) is 39.5 Å². The number of rotatable bonds is 6. The zero-order valence-electron chi connectivity index (χ0n) is 14.1. The number of nitrogens with zero attached hydrogens (tertiary/aromatic N) is 3. The minimum absolute atomic E-state index is 0.00236. The van der Waals surface area contributed by atoms with E-state index < -0.39 is 0 Å². The molecule has 0 spiro atoms. The lowest BCUT2D eigenvalue weighted by Crippen LogP contribution is -2.29. The average Bonchev–Trinajstić information content (AvgIpc) is 3.20. The molecule has 8 heteroatoms. The summed E-state index contributed by atoms with van der Waals surface area (Å²) in [6.07, 6.45) is 1.68. The highest BCUT2D eigenvalue weighted by Gasteiger charge is 2.18. The van der Waals surface area contributed by atoms with Crippen LogP contribution in [0.5, 0.6) is 5.88 Å². The number of pyridine rings is 1. The van der Waals surface area contributed by atoms with Crippen molar-refractivity contribution in [2.75, 3.05) is 0 Å². The van der Waals surface area contributed by atoms with Gasteiger partial charge in [-0.15, -0.1) is 0 Å². The number of aryl methyl sites for hydroxylation is 1. The number of hydrogen-bond donors (Lipinski definition) is 1. The number of amides is 1. The molecule has 3 rings (SSSR count). The molecule has 0 aliphatic heterocycles. The molecule has 0 aliphatic carbocycles. The summed E-state index contributed by atoms with van der Waals surface area (Å²) in [4.78, 5) is 16.1. The van der Waals surface area contributed by atoms with Crippen molar-refractivity contribution < 1.29 is 18.6 Å². The Hall–Kier alpha value is -3.16. The maximum atomic E-state index is 11.9. The molecule has 0 aliphatic rings. The highest BCUT2D eigenvalue weighted by Crippen LogP contribution is 2.25. The second-order valence-corrected chi connectivity index (χ2v) is 5.73. The van der Waals surface area contributed by atoms with Crippen LogP contribution in [0.2, 0.25) is 0 Å². The molecule has 0 saturated heterocycles. The Morgan fingerprint density at radius 3 is 2.84 bits per heavy atom. The van der Waals surface area contributed by atoms with Crippen molar-refractivity contribution in [1.82, 2.24) is 20.6 Å². The Balaban J connectivity index is 1.72. The molecule has 0 radical (unpaired) electrons. The van der Waals surface area contributed by atoms with E-state index in [2.05, 4.69) is 20.6 Å². The summed E-state index contributed by atoms with van der Waals surface area (Å²) in [5.74, 6) is 0.590. The molecule has 1 N–H and O–H groups in total. The third kappa shape index (κ3) is 3.85. The number of ether oxygens (including phenoxy) is 1. The van der Waals surface area contributed by atoms with Gasteiger partial charge in [0.1, 0.15) is 18.1 Å². The largest absolute Gasteiger partial charge is 0.470 e. The van der Waals surface area contributed by atoms with Gasteiger partial charge in [0.2, 0.25) is 5.76 Å². The number of carbonyl (C=O) groups is 1. The third-order valence-electron chi connectivity index (χ3n) is 3.39. The topological polar surface area (TPSA) is 103 Å². The average molecular weight is 342 g/mol. The number of nitrogens with one attached hydrogen (secondary N) is 1. The van der Waals surface area contributed by atoms with E-state index in [0.717, 1.165) is 5.56 Å². The van der Waals surface area contributed by atoms with Crippen LogP contribution < -0.4 is 10.1 Å². The van der Waals surface area contributed by atoms with Crippen molar-refractivity contribution in [2.45, 2.75) is 33.4 Å². The van der Waals surface area contributed by atoms with Crippen molar-refractivity contribution in [3.05, 3.63) is 47.5 Å². The predicted octanol–water partition coefficient (Wildman–Crippen LogP) is 2.75. The Morgan fingerprint density at radius 1 is 1.28 bits per heavy atom. The molecule has 3 heterocycles. The molecular formula is C17H18N4O4. The van der Waals surface area contributed by atoms with Gasteiger partial charge in [-0.3, -0.25) is 9.78 Å². The monoisotopic (exact) mass is 342 g/mol. The molecular weight excluding hydrogens is 324 g/mol. The fraction of sp³-hybridized carbons (Fsp3) is 0.294. The Kier molecular flexibility index (Phi) is 4.78. The molecule has 25 heavy (non-hydrogen) atoms. The Bertz CT molecular complexity index is 855. The van der Waals surface area contributed by atoms with Crippen molar-refractivity contribution in [1.29, 1.82) is 0 Å². The van der Waals surface area contributed by atoms with Gasteiger partial charge in [-0.1, -0.05) is 11.2 Å². The van der Waals surface area contributed by atoms with Gasteiger partial charge in [0.05, 0.1) is 17.3 Å². The van der Waals surface area contributed by atoms with Gasteiger partial charge in [0, 0.05) is 12.2 Å². The predicted molar refractivity (Wildman–Crippen MR) is 87.9 cm³/mol. The van der Waals surface area contributed by atoms with Crippen LogP contribution in [-0.4, -0.2) is 27.2 Å². The third-order valence-corrected chi connectivity index (χ3v) is 3.39. The van der Waals surface area contributed by atoms with E-state index >= 15 is 0 Å². The summed E-state index contributed by atoms with van der Waals surface area (Å²) in [6, 6.07) is 6.98. The van der Waals surface area contributed by atoms with Gasteiger partial charge in [0.15, 0.2) is 0 Å². The molecule has 8 nitrogen and oxygen atoms in total. The van der Waals surface area contributed by atoms with Gasteiger partial charge in [-0.05, 0) is 38.1 Å². The lowest BCUT2D eigenvalue weighted by Gasteiger charge is -2.04. The first kappa shape index (κ1) is 16.7. The molecule has 0 atom stereocenters. The van der Waals surface area contributed by atoms with Gasteiger partial charge < -0.3 is 19.1 Å². The molecule has 0 fully saturated rings. The van der Waals surface area contributed by atoms with Crippen molar-refractivity contribution in [2.24, 2.45) is 0 Å². The van der Waals surface area contributed by atoms with E-state index in [1.165, 1.54) is 6.07 Å². The van der Waals surface area contributed by atoms with E-state index in [1.54, 1.807) is 13.1 Å². The number of hydrogen-bond acceptors (Lipinski definition) is 7. The van der Waals surface area contributed by atoms with E-state index in [1.807, 2.05) is 32.0 Å². The minimum atomic E-state index is -0.340. The molecule has 1 amide bonds. The first-order valence-electron chi connectivity index (χ1n) is 7.81. The maximum absolute atomic E-state index is 11.9. The molecule has 0 aromatic carbocycles. The van der Waals surface area contributed by atoms with Crippen LogP contribution in [0, 0.1) is 6.92 Å². The van der Waals surface area contributed by atoms with E-state index in [4.69, 9.17) is 13.8 Å². The standard InChI is InChI=1S/C17H18N4O4/c1-10(2)19-17(22)14-8-15(20-25-14)23-9-12-11(3)24-21-16(12)13-6-4-5-7-18-13/h4-8,10H,9H2,1-3H3,(H,19,22). The highest BCUT2D eigenvalue weighted by molar-refractivity contribution is 5.91. The first-order chi connectivity index (χ1) is 12.0. The fourth-order valence-electron chi connectivity index (χ4n) is 2.18. The van der Waals surface area contributed by atoms with Crippen LogP contribution >= 0.6 is 0 Å². The van der Waals surface area contributed by atoms with Gasteiger partial charge in [-0.2, -0.15) is 0 Å². The number of aromatic nitrogens is 3. The minimum Gasteiger partial charge on any atom is -0.470 e. The van der Waals surface area contributed by atoms with Gasteiger partial charge in [0.25, 0.3) is 11.8 Å². The Labute approximate surface area is 144 Å². The summed E-state index contributed by atoms with van der Waals surface area (Å²) in [5.41, 5.74) is 2.06. The zero-order chi connectivity index (χ0) is 17.8. The first-order valence-corrected chi connectivity index (χ1v) is 7.81. The number of carbonyl (C=O) groups excluding carboxylic acids is 1. The smallest absolute Gasteiger partial charge is 0.290 e. The summed E-state index contributed by atoms with van der Waals surface area (Å²) in [7, 11) is 0. The highest BCUT2D eigenvalue weighted by atomic mass is 16.5. The molecule has 0 saturated carbocycles. The fourth-order valence-corrected chi connectivity index (χ4v) is 2.18. The zero-order valence-corrected chi connectivity index (χ0v) is 14.1.